The van der Waals surface area contributed by atoms with E-state index in [4.69, 9.17) is 0 Å². The minimum atomic E-state index is 0.433. The normalized spacial score (nSPS) is 21.1. The highest BCUT2D eigenvalue weighted by molar-refractivity contribution is 9.10. The number of rotatable bonds is 7. The third-order valence-corrected chi connectivity index (χ3v) is 4.87. The average molecular weight is 354 g/mol. The van der Waals surface area contributed by atoms with Crippen molar-refractivity contribution in [3.8, 4) is 0 Å². The van der Waals surface area contributed by atoms with E-state index in [-0.39, 0.29) is 0 Å². The van der Waals surface area contributed by atoms with Gasteiger partial charge in [0.05, 0.1) is 0 Å². The highest BCUT2D eigenvalue weighted by Crippen LogP contribution is 2.23. The summed E-state index contributed by atoms with van der Waals surface area (Å²) in [6.07, 6.45) is 3.86. The molecule has 4 heteroatoms. The highest BCUT2D eigenvalue weighted by Gasteiger charge is 2.25. The van der Waals surface area contributed by atoms with Crippen LogP contribution in [0.2, 0.25) is 0 Å². The van der Waals surface area contributed by atoms with E-state index in [2.05, 4.69) is 76.5 Å². The number of nitrogens with one attached hydrogen (secondary N) is 1. The van der Waals surface area contributed by atoms with Crippen molar-refractivity contribution in [2.75, 3.05) is 40.8 Å². The first-order chi connectivity index (χ1) is 10.1. The van der Waals surface area contributed by atoms with Crippen molar-refractivity contribution < 1.29 is 0 Å². The fourth-order valence-electron chi connectivity index (χ4n) is 3.31. The van der Waals surface area contributed by atoms with Gasteiger partial charge in [-0.3, -0.25) is 4.90 Å². The molecule has 3 nitrogen and oxygen atoms in total. The molecule has 118 valence electrons. The van der Waals surface area contributed by atoms with Gasteiger partial charge in [-0.15, -0.1) is 0 Å². The summed E-state index contributed by atoms with van der Waals surface area (Å²) in [5, 5.41) is 3.47. The van der Waals surface area contributed by atoms with Gasteiger partial charge in [0, 0.05) is 29.6 Å². The second-order valence-electron chi connectivity index (χ2n) is 6.28. The van der Waals surface area contributed by atoms with E-state index in [0.717, 1.165) is 16.9 Å². The zero-order valence-electron chi connectivity index (χ0n) is 13.5. The summed E-state index contributed by atoms with van der Waals surface area (Å²) in [5.74, 6) is 0. The van der Waals surface area contributed by atoms with Gasteiger partial charge in [-0.05, 0) is 64.6 Å². The Morgan fingerprint density at radius 1 is 1.43 bits per heavy atom. The Balaban J connectivity index is 1.90. The molecule has 1 saturated heterocycles. The number of nitrogens with zero attached hydrogens (tertiary/aromatic N) is 2. The van der Waals surface area contributed by atoms with Gasteiger partial charge in [0.25, 0.3) is 0 Å². The van der Waals surface area contributed by atoms with Gasteiger partial charge in [-0.2, -0.15) is 0 Å². The number of halogens is 1. The Morgan fingerprint density at radius 2 is 2.24 bits per heavy atom. The van der Waals surface area contributed by atoms with Gasteiger partial charge in [-0.1, -0.05) is 28.1 Å². The maximum absolute atomic E-state index is 3.57. The standard InChI is InChI=1S/C17H28BrN3/c1-19-17(14-6-4-7-15(18)12-14)9-11-21-10-5-8-16(21)13-20(2)3/h4,6-7,12,16-17,19H,5,8-11,13H2,1-3H3. The van der Waals surface area contributed by atoms with Gasteiger partial charge >= 0.3 is 0 Å². The van der Waals surface area contributed by atoms with E-state index < -0.39 is 0 Å². The summed E-state index contributed by atoms with van der Waals surface area (Å²) in [6.45, 7) is 3.62. The Morgan fingerprint density at radius 3 is 2.90 bits per heavy atom. The molecule has 2 unspecified atom stereocenters. The molecule has 2 rings (SSSR count). The van der Waals surface area contributed by atoms with Crippen LogP contribution in [0.3, 0.4) is 0 Å². The van der Waals surface area contributed by atoms with E-state index in [1.807, 2.05) is 0 Å². The van der Waals surface area contributed by atoms with Crippen molar-refractivity contribution in [1.29, 1.82) is 0 Å². The quantitative estimate of drug-likeness (QED) is 0.812. The predicted molar refractivity (Wildman–Crippen MR) is 93.7 cm³/mol. The van der Waals surface area contributed by atoms with E-state index in [9.17, 15) is 0 Å². The number of likely N-dealkylation sites (N-methyl/N-ethyl adjacent to an activating group) is 1. The molecule has 0 aliphatic carbocycles. The Hall–Kier alpha value is -0.420. The monoisotopic (exact) mass is 353 g/mol. The lowest BCUT2D eigenvalue weighted by atomic mass is 10.0. The highest BCUT2D eigenvalue weighted by atomic mass is 79.9. The molecule has 1 aromatic carbocycles. The lowest BCUT2D eigenvalue weighted by Crippen LogP contribution is -2.39. The van der Waals surface area contributed by atoms with Gasteiger partial charge in [0.1, 0.15) is 0 Å². The molecule has 1 N–H and O–H groups in total. The average Bonchev–Trinajstić information content (AvgIpc) is 2.86. The molecular formula is C17H28BrN3. The van der Waals surface area contributed by atoms with Gasteiger partial charge < -0.3 is 10.2 Å². The van der Waals surface area contributed by atoms with Crippen LogP contribution in [0.4, 0.5) is 0 Å². The molecule has 0 amide bonds. The minimum absolute atomic E-state index is 0.433. The zero-order valence-corrected chi connectivity index (χ0v) is 15.1. The van der Waals surface area contributed by atoms with Crippen molar-refractivity contribution in [2.24, 2.45) is 0 Å². The molecule has 0 radical (unpaired) electrons. The summed E-state index contributed by atoms with van der Waals surface area (Å²) in [4.78, 5) is 4.98. The Labute approximate surface area is 137 Å². The van der Waals surface area contributed by atoms with Crippen molar-refractivity contribution >= 4 is 15.9 Å². The van der Waals surface area contributed by atoms with Crippen LogP contribution in [0, 0.1) is 0 Å². The van der Waals surface area contributed by atoms with Crippen LogP contribution in [0.1, 0.15) is 30.9 Å². The van der Waals surface area contributed by atoms with E-state index in [1.165, 1.54) is 38.0 Å². The topological polar surface area (TPSA) is 18.5 Å². The van der Waals surface area contributed by atoms with E-state index in [1.54, 1.807) is 0 Å². The summed E-state index contributed by atoms with van der Waals surface area (Å²) < 4.78 is 1.16. The van der Waals surface area contributed by atoms with Crippen molar-refractivity contribution in [3.63, 3.8) is 0 Å². The first-order valence-corrected chi connectivity index (χ1v) is 8.71. The van der Waals surface area contributed by atoms with Crippen LogP contribution in [0.15, 0.2) is 28.7 Å². The van der Waals surface area contributed by atoms with Crippen LogP contribution in [-0.4, -0.2) is 56.6 Å². The first kappa shape index (κ1) is 16.9. The fourth-order valence-corrected chi connectivity index (χ4v) is 3.73. The smallest absolute Gasteiger partial charge is 0.0330 e. The molecule has 0 bridgehead atoms. The molecule has 1 heterocycles. The minimum Gasteiger partial charge on any atom is -0.313 e. The zero-order chi connectivity index (χ0) is 15.2. The number of benzene rings is 1. The van der Waals surface area contributed by atoms with Crippen LogP contribution < -0.4 is 5.32 Å². The summed E-state index contributed by atoms with van der Waals surface area (Å²) >= 11 is 3.57. The van der Waals surface area contributed by atoms with E-state index >= 15 is 0 Å². The third-order valence-electron chi connectivity index (χ3n) is 4.38. The number of likely N-dealkylation sites (tertiary alicyclic amines) is 1. The molecule has 1 aliphatic heterocycles. The fraction of sp³-hybridized carbons (Fsp3) is 0.647. The molecule has 2 atom stereocenters. The largest absolute Gasteiger partial charge is 0.313 e. The third kappa shape index (κ3) is 5.06. The van der Waals surface area contributed by atoms with Crippen molar-refractivity contribution in [2.45, 2.75) is 31.3 Å². The van der Waals surface area contributed by atoms with Crippen LogP contribution in [-0.2, 0) is 0 Å². The van der Waals surface area contributed by atoms with Crippen LogP contribution in [0.25, 0.3) is 0 Å². The molecule has 0 spiro atoms. The lowest BCUT2D eigenvalue weighted by molar-refractivity contribution is 0.200. The summed E-state index contributed by atoms with van der Waals surface area (Å²) in [7, 11) is 6.41. The maximum Gasteiger partial charge on any atom is 0.0330 e. The van der Waals surface area contributed by atoms with Gasteiger partial charge in [0.2, 0.25) is 0 Å². The van der Waals surface area contributed by atoms with E-state index in [0.29, 0.717) is 6.04 Å². The second kappa shape index (κ2) is 8.28. The van der Waals surface area contributed by atoms with Crippen LogP contribution >= 0.6 is 15.9 Å². The molecular weight excluding hydrogens is 326 g/mol. The second-order valence-corrected chi connectivity index (χ2v) is 7.19. The molecule has 21 heavy (non-hydrogen) atoms. The molecule has 1 fully saturated rings. The SMILES string of the molecule is CNC(CCN1CCCC1CN(C)C)c1cccc(Br)c1. The van der Waals surface area contributed by atoms with Gasteiger partial charge in [0.15, 0.2) is 0 Å². The molecule has 1 aromatic rings. The predicted octanol–water partition coefficient (Wildman–Crippen LogP) is 3.13. The molecule has 0 aromatic heterocycles. The maximum atomic E-state index is 3.57. The van der Waals surface area contributed by atoms with Gasteiger partial charge in [-0.25, -0.2) is 0 Å². The van der Waals surface area contributed by atoms with Crippen molar-refractivity contribution in [3.05, 3.63) is 34.3 Å². The Bertz CT molecular complexity index is 436. The Kier molecular flexibility index (Phi) is 6.68. The molecule has 0 saturated carbocycles. The van der Waals surface area contributed by atoms with Crippen LogP contribution in [0.5, 0.6) is 0 Å². The lowest BCUT2D eigenvalue weighted by Gasteiger charge is -2.28. The summed E-state index contributed by atoms with van der Waals surface area (Å²) in [6, 6.07) is 9.82. The number of hydrogen-bond acceptors (Lipinski definition) is 3. The molecule has 1 aliphatic rings. The summed E-state index contributed by atoms with van der Waals surface area (Å²) in [5.41, 5.74) is 1.37. The van der Waals surface area contributed by atoms with Crippen molar-refractivity contribution in [1.82, 2.24) is 15.1 Å². The number of hydrogen-bond donors (Lipinski definition) is 1. The first-order valence-electron chi connectivity index (χ1n) is 7.91.